The van der Waals surface area contributed by atoms with Crippen LogP contribution in [0.4, 0.5) is 10.2 Å². The summed E-state index contributed by atoms with van der Waals surface area (Å²) < 4.78 is 19.5. The van der Waals surface area contributed by atoms with Crippen molar-refractivity contribution in [2.24, 2.45) is 0 Å². The summed E-state index contributed by atoms with van der Waals surface area (Å²) in [6.45, 7) is 0. The summed E-state index contributed by atoms with van der Waals surface area (Å²) in [6, 6.07) is 7.39. The van der Waals surface area contributed by atoms with Gasteiger partial charge in [-0.1, -0.05) is 0 Å². The minimum absolute atomic E-state index is 0.117. The van der Waals surface area contributed by atoms with E-state index >= 15 is 0 Å². The zero-order valence-electron chi connectivity index (χ0n) is 13.0. The Bertz CT molecular complexity index is 871. The smallest absolute Gasteiger partial charge is 0.233 e. The van der Waals surface area contributed by atoms with E-state index in [1.165, 1.54) is 31.5 Å². The van der Waals surface area contributed by atoms with E-state index < -0.39 is 5.82 Å². The first-order valence-corrected chi connectivity index (χ1v) is 7.04. The predicted octanol–water partition coefficient (Wildman–Crippen LogP) is 2.50. The molecule has 3 rings (SSSR count). The summed E-state index contributed by atoms with van der Waals surface area (Å²) in [5.74, 6) is 0.181. The number of phenols is 1. The maximum atomic E-state index is 14.5. The van der Waals surface area contributed by atoms with Gasteiger partial charge in [-0.2, -0.15) is 5.10 Å². The fourth-order valence-electron chi connectivity index (χ4n) is 2.19. The van der Waals surface area contributed by atoms with Crippen LogP contribution in [0.15, 0.2) is 36.5 Å². The van der Waals surface area contributed by atoms with E-state index in [1.807, 2.05) is 0 Å². The Balaban J connectivity index is 2.04. The number of anilines is 1. The highest BCUT2D eigenvalue weighted by atomic mass is 19.1. The topological polar surface area (TPSA) is 93.1 Å². The molecule has 0 bridgehead atoms. The largest absolute Gasteiger partial charge is 0.507 e. The number of phenolic OH excluding ortho intramolecular Hbond substituents is 1. The summed E-state index contributed by atoms with van der Waals surface area (Å²) in [4.78, 5) is 0. The zero-order valence-corrected chi connectivity index (χ0v) is 13.0. The highest BCUT2D eigenvalue weighted by Crippen LogP contribution is 2.35. The molecule has 24 heavy (non-hydrogen) atoms. The first-order chi connectivity index (χ1) is 11.6. The highest BCUT2D eigenvalue weighted by molar-refractivity contribution is 5.74. The number of halogens is 1. The number of nitrogens with zero attached hydrogens (tertiary/aromatic N) is 4. The van der Waals surface area contributed by atoms with Gasteiger partial charge in [0.25, 0.3) is 0 Å². The molecule has 8 heteroatoms. The number of hydrogen-bond donors (Lipinski definition) is 2. The molecule has 2 heterocycles. The van der Waals surface area contributed by atoms with Crippen LogP contribution >= 0.6 is 0 Å². The summed E-state index contributed by atoms with van der Waals surface area (Å²) >= 11 is 0. The molecule has 3 aromatic rings. The molecule has 0 aliphatic carbocycles. The second-order valence-corrected chi connectivity index (χ2v) is 4.89. The lowest BCUT2D eigenvalue weighted by atomic mass is 10.0. The van der Waals surface area contributed by atoms with Crippen molar-refractivity contribution < 1.29 is 14.2 Å². The predicted molar refractivity (Wildman–Crippen MR) is 86.2 cm³/mol. The Kier molecular flexibility index (Phi) is 4.19. The van der Waals surface area contributed by atoms with Crippen molar-refractivity contribution in [2.45, 2.75) is 0 Å². The number of rotatable bonds is 4. The molecule has 0 spiro atoms. The maximum absolute atomic E-state index is 14.5. The van der Waals surface area contributed by atoms with Gasteiger partial charge in [0.15, 0.2) is 0 Å². The molecule has 2 aromatic heterocycles. The standard InChI is InChI=1S/C16H14FN5O2/c1-18-15-4-3-13(20-21-15)11-6-12(17)10(7-14(11)23)9-5-16(24-2)22-19-8-9/h3-8,23H,1-2H3,(H,18,21). The van der Waals surface area contributed by atoms with E-state index in [1.54, 1.807) is 19.2 Å². The van der Waals surface area contributed by atoms with Crippen molar-refractivity contribution in [3.05, 3.63) is 42.3 Å². The molecule has 0 unspecified atom stereocenters. The van der Waals surface area contributed by atoms with Gasteiger partial charge in [0.1, 0.15) is 17.4 Å². The van der Waals surface area contributed by atoms with Crippen LogP contribution in [0.1, 0.15) is 0 Å². The molecule has 0 aliphatic heterocycles. The normalized spacial score (nSPS) is 10.5. The molecule has 0 atom stereocenters. The van der Waals surface area contributed by atoms with Crippen molar-refractivity contribution >= 4 is 5.82 Å². The monoisotopic (exact) mass is 327 g/mol. The van der Waals surface area contributed by atoms with E-state index in [0.717, 1.165) is 0 Å². The Morgan fingerprint density at radius 3 is 2.58 bits per heavy atom. The van der Waals surface area contributed by atoms with Gasteiger partial charge in [0.05, 0.1) is 19.0 Å². The van der Waals surface area contributed by atoms with E-state index in [9.17, 15) is 9.50 Å². The van der Waals surface area contributed by atoms with Crippen molar-refractivity contribution in [3.63, 3.8) is 0 Å². The van der Waals surface area contributed by atoms with Crippen LogP contribution in [0, 0.1) is 5.82 Å². The van der Waals surface area contributed by atoms with Crippen LogP contribution in [-0.4, -0.2) is 39.7 Å². The first-order valence-electron chi connectivity index (χ1n) is 7.04. The number of ether oxygens (including phenoxy) is 1. The van der Waals surface area contributed by atoms with Gasteiger partial charge in [-0.15, -0.1) is 15.3 Å². The third kappa shape index (κ3) is 2.94. The molecule has 0 radical (unpaired) electrons. The number of aromatic nitrogens is 4. The summed E-state index contributed by atoms with van der Waals surface area (Å²) in [6.07, 6.45) is 1.39. The van der Waals surface area contributed by atoms with Gasteiger partial charge in [0, 0.05) is 29.8 Å². The molecular formula is C16H14FN5O2. The summed E-state index contributed by atoms with van der Waals surface area (Å²) in [7, 11) is 3.16. The number of nitrogens with one attached hydrogen (secondary N) is 1. The summed E-state index contributed by atoms with van der Waals surface area (Å²) in [5, 5.41) is 28.5. The molecule has 0 aliphatic rings. The van der Waals surface area contributed by atoms with Gasteiger partial charge in [-0.25, -0.2) is 4.39 Å². The highest BCUT2D eigenvalue weighted by Gasteiger charge is 2.15. The van der Waals surface area contributed by atoms with Crippen LogP contribution in [0.3, 0.4) is 0 Å². The Hall–Kier alpha value is -3.29. The number of hydrogen-bond acceptors (Lipinski definition) is 7. The first kappa shape index (κ1) is 15.6. The van der Waals surface area contributed by atoms with Crippen molar-refractivity contribution in [3.8, 4) is 34.0 Å². The van der Waals surface area contributed by atoms with Crippen molar-refractivity contribution in [1.29, 1.82) is 0 Å². The molecular weight excluding hydrogens is 313 g/mol. The Morgan fingerprint density at radius 1 is 1.08 bits per heavy atom. The van der Waals surface area contributed by atoms with Gasteiger partial charge >= 0.3 is 0 Å². The van der Waals surface area contributed by atoms with Crippen LogP contribution < -0.4 is 10.1 Å². The maximum Gasteiger partial charge on any atom is 0.233 e. The molecule has 7 nitrogen and oxygen atoms in total. The summed E-state index contributed by atoms with van der Waals surface area (Å²) in [5.41, 5.74) is 1.24. The molecule has 0 fully saturated rings. The molecule has 1 aromatic carbocycles. The van der Waals surface area contributed by atoms with Crippen LogP contribution in [0.2, 0.25) is 0 Å². The molecule has 2 N–H and O–H groups in total. The lowest BCUT2D eigenvalue weighted by Crippen LogP contribution is -1.96. The molecule has 0 saturated heterocycles. The average Bonchev–Trinajstić information content (AvgIpc) is 2.63. The third-order valence-electron chi connectivity index (χ3n) is 3.43. The Morgan fingerprint density at radius 2 is 1.92 bits per heavy atom. The second kappa shape index (κ2) is 6.45. The van der Waals surface area contributed by atoms with E-state index in [4.69, 9.17) is 4.74 Å². The van der Waals surface area contributed by atoms with Crippen LogP contribution in [0.5, 0.6) is 11.6 Å². The average molecular weight is 327 g/mol. The lowest BCUT2D eigenvalue weighted by molar-refractivity contribution is 0.392. The van der Waals surface area contributed by atoms with Crippen molar-refractivity contribution in [1.82, 2.24) is 20.4 Å². The lowest BCUT2D eigenvalue weighted by Gasteiger charge is -2.09. The zero-order chi connectivity index (χ0) is 17.1. The second-order valence-electron chi connectivity index (χ2n) is 4.89. The third-order valence-corrected chi connectivity index (χ3v) is 3.43. The molecule has 0 saturated carbocycles. The van der Waals surface area contributed by atoms with Gasteiger partial charge < -0.3 is 15.2 Å². The van der Waals surface area contributed by atoms with E-state index in [2.05, 4.69) is 25.7 Å². The number of benzene rings is 1. The number of aromatic hydroxyl groups is 1. The van der Waals surface area contributed by atoms with Crippen LogP contribution in [0.25, 0.3) is 22.4 Å². The molecule has 122 valence electrons. The fourth-order valence-corrected chi connectivity index (χ4v) is 2.19. The minimum Gasteiger partial charge on any atom is -0.507 e. The fraction of sp³-hybridized carbons (Fsp3) is 0.125. The molecule has 0 amide bonds. The van der Waals surface area contributed by atoms with Gasteiger partial charge in [-0.3, -0.25) is 0 Å². The SMILES string of the molecule is CNc1ccc(-c2cc(F)c(-c3cnnc(OC)c3)cc2O)nn1. The van der Waals surface area contributed by atoms with E-state index in [-0.39, 0.29) is 22.8 Å². The van der Waals surface area contributed by atoms with Gasteiger partial charge in [0.2, 0.25) is 5.88 Å². The van der Waals surface area contributed by atoms with Gasteiger partial charge in [-0.05, 0) is 24.3 Å². The van der Waals surface area contributed by atoms with E-state index in [0.29, 0.717) is 17.1 Å². The number of methoxy groups -OCH3 is 1. The quantitative estimate of drug-likeness (QED) is 0.760. The van der Waals surface area contributed by atoms with Crippen molar-refractivity contribution in [2.75, 3.05) is 19.5 Å². The Labute approximate surface area is 137 Å². The van der Waals surface area contributed by atoms with Crippen LogP contribution in [-0.2, 0) is 0 Å². The minimum atomic E-state index is -0.530.